The normalized spacial score (nSPS) is 18.9. The summed E-state index contributed by atoms with van der Waals surface area (Å²) < 4.78 is 10.5. The van der Waals surface area contributed by atoms with Crippen LogP contribution in [0.15, 0.2) is 18.2 Å². The van der Waals surface area contributed by atoms with Gasteiger partial charge in [0, 0.05) is 19.6 Å². The van der Waals surface area contributed by atoms with Crippen molar-refractivity contribution in [1.82, 2.24) is 10.6 Å². The molecule has 2 rings (SSSR count). The van der Waals surface area contributed by atoms with Gasteiger partial charge in [-0.2, -0.15) is 0 Å². The Labute approximate surface area is 111 Å². The molecule has 1 aliphatic rings. The molecule has 0 spiro atoms. The van der Waals surface area contributed by atoms with Crippen molar-refractivity contribution in [1.29, 1.82) is 0 Å². The summed E-state index contributed by atoms with van der Waals surface area (Å²) >= 11 is 0. The third-order valence-electron chi connectivity index (χ3n) is 2.94. The molecule has 1 amide bonds. The Bertz CT molecular complexity index is 444. The van der Waals surface area contributed by atoms with Gasteiger partial charge in [-0.05, 0) is 18.2 Å². The van der Waals surface area contributed by atoms with Gasteiger partial charge in [-0.1, -0.05) is 0 Å². The van der Waals surface area contributed by atoms with Crippen LogP contribution in [0, 0.1) is 0 Å². The zero-order valence-corrected chi connectivity index (χ0v) is 10.8. The Morgan fingerprint density at radius 1 is 1.63 bits per heavy atom. The highest BCUT2D eigenvalue weighted by Crippen LogP contribution is 2.22. The van der Waals surface area contributed by atoms with Gasteiger partial charge in [0.25, 0.3) is 5.91 Å². The first-order valence-corrected chi connectivity index (χ1v) is 6.18. The van der Waals surface area contributed by atoms with Crippen molar-refractivity contribution in [3.8, 4) is 11.5 Å². The van der Waals surface area contributed by atoms with E-state index < -0.39 is 0 Å². The first kappa shape index (κ1) is 13.6. The molecule has 0 radical (unpaired) electrons. The monoisotopic (exact) mass is 266 g/mol. The number of morpholine rings is 1. The minimum absolute atomic E-state index is 0.0366. The lowest BCUT2D eigenvalue weighted by Gasteiger charge is -2.23. The molecule has 1 aromatic rings. The predicted octanol–water partition coefficient (Wildman–Crippen LogP) is 0.119. The second-order valence-electron chi connectivity index (χ2n) is 4.29. The molecule has 1 aromatic carbocycles. The summed E-state index contributed by atoms with van der Waals surface area (Å²) in [6.07, 6.45) is -0.0366. The zero-order chi connectivity index (χ0) is 13.7. The standard InChI is InChI=1S/C13H18N2O4/c1-18-9-2-3-12(16)11(6-9)13(17)15-8-10-7-14-4-5-19-10/h2-3,6,10,14,16H,4-5,7-8H2,1H3,(H,15,17). The van der Waals surface area contributed by atoms with Crippen molar-refractivity contribution < 1.29 is 19.4 Å². The van der Waals surface area contributed by atoms with Crippen molar-refractivity contribution in [3.05, 3.63) is 23.8 Å². The number of benzene rings is 1. The maximum Gasteiger partial charge on any atom is 0.255 e. The van der Waals surface area contributed by atoms with Gasteiger partial charge in [0.1, 0.15) is 11.5 Å². The van der Waals surface area contributed by atoms with E-state index in [9.17, 15) is 9.90 Å². The van der Waals surface area contributed by atoms with E-state index in [2.05, 4.69) is 10.6 Å². The molecule has 1 saturated heterocycles. The molecule has 1 unspecified atom stereocenters. The number of phenolic OH excluding ortho intramolecular Hbond substituents is 1. The fraction of sp³-hybridized carbons (Fsp3) is 0.462. The van der Waals surface area contributed by atoms with E-state index in [0.717, 1.165) is 6.54 Å². The van der Waals surface area contributed by atoms with Crippen molar-refractivity contribution >= 4 is 5.91 Å². The zero-order valence-electron chi connectivity index (χ0n) is 10.8. The predicted molar refractivity (Wildman–Crippen MR) is 69.6 cm³/mol. The van der Waals surface area contributed by atoms with Crippen molar-refractivity contribution in [3.63, 3.8) is 0 Å². The number of ether oxygens (including phenoxy) is 2. The molecule has 6 heteroatoms. The first-order chi connectivity index (χ1) is 9.20. The van der Waals surface area contributed by atoms with Gasteiger partial charge >= 0.3 is 0 Å². The minimum atomic E-state index is -0.342. The third-order valence-corrected chi connectivity index (χ3v) is 2.94. The van der Waals surface area contributed by atoms with Crippen LogP contribution in [-0.4, -0.2) is 50.5 Å². The summed E-state index contributed by atoms with van der Waals surface area (Å²) in [5.74, 6) is 0.116. The van der Waals surface area contributed by atoms with Crippen LogP contribution in [0.25, 0.3) is 0 Å². The van der Waals surface area contributed by atoms with Gasteiger partial charge in [0.15, 0.2) is 0 Å². The molecule has 6 nitrogen and oxygen atoms in total. The van der Waals surface area contributed by atoms with E-state index in [1.54, 1.807) is 6.07 Å². The number of hydrogen-bond donors (Lipinski definition) is 3. The number of hydrogen-bond acceptors (Lipinski definition) is 5. The number of nitrogens with one attached hydrogen (secondary N) is 2. The van der Waals surface area contributed by atoms with Crippen LogP contribution in [0.2, 0.25) is 0 Å². The number of amides is 1. The summed E-state index contributed by atoms with van der Waals surface area (Å²) in [6, 6.07) is 4.54. The summed E-state index contributed by atoms with van der Waals surface area (Å²) in [5, 5.41) is 15.6. The number of carbonyl (C=O) groups excluding carboxylic acids is 1. The Morgan fingerprint density at radius 3 is 3.16 bits per heavy atom. The fourth-order valence-electron chi connectivity index (χ4n) is 1.88. The highest BCUT2D eigenvalue weighted by Gasteiger charge is 2.17. The summed E-state index contributed by atoms with van der Waals surface area (Å²) in [7, 11) is 1.51. The van der Waals surface area contributed by atoms with Crippen molar-refractivity contribution in [2.24, 2.45) is 0 Å². The lowest BCUT2D eigenvalue weighted by molar-refractivity contribution is 0.0287. The largest absolute Gasteiger partial charge is 0.507 e. The molecule has 19 heavy (non-hydrogen) atoms. The van der Waals surface area contributed by atoms with E-state index in [0.29, 0.717) is 25.4 Å². The molecule has 0 saturated carbocycles. The number of aromatic hydroxyl groups is 1. The van der Waals surface area contributed by atoms with E-state index in [-0.39, 0.29) is 23.3 Å². The number of carbonyl (C=O) groups is 1. The van der Waals surface area contributed by atoms with Crippen LogP contribution < -0.4 is 15.4 Å². The quantitative estimate of drug-likeness (QED) is 0.721. The maximum atomic E-state index is 12.0. The van der Waals surface area contributed by atoms with E-state index in [4.69, 9.17) is 9.47 Å². The molecule has 1 aliphatic heterocycles. The lowest BCUT2D eigenvalue weighted by atomic mass is 10.1. The molecule has 1 fully saturated rings. The Morgan fingerprint density at radius 2 is 2.47 bits per heavy atom. The fourth-order valence-corrected chi connectivity index (χ4v) is 1.88. The average Bonchev–Trinajstić information content (AvgIpc) is 2.46. The number of phenols is 1. The molecular weight excluding hydrogens is 248 g/mol. The Hall–Kier alpha value is -1.79. The van der Waals surface area contributed by atoms with Crippen LogP contribution >= 0.6 is 0 Å². The van der Waals surface area contributed by atoms with Gasteiger partial charge in [0.05, 0.1) is 25.4 Å². The van der Waals surface area contributed by atoms with Gasteiger partial charge in [-0.25, -0.2) is 0 Å². The summed E-state index contributed by atoms with van der Waals surface area (Å²) in [5.41, 5.74) is 0.197. The Balaban J connectivity index is 1.95. The van der Waals surface area contributed by atoms with Gasteiger partial charge in [-0.3, -0.25) is 4.79 Å². The molecular formula is C13H18N2O4. The second kappa shape index (κ2) is 6.40. The van der Waals surface area contributed by atoms with Crippen LogP contribution in [0.4, 0.5) is 0 Å². The van der Waals surface area contributed by atoms with Crippen molar-refractivity contribution in [2.45, 2.75) is 6.10 Å². The van der Waals surface area contributed by atoms with E-state index in [1.807, 2.05) is 0 Å². The summed E-state index contributed by atoms with van der Waals surface area (Å²) in [6.45, 7) is 2.60. The third kappa shape index (κ3) is 3.59. The molecule has 1 atom stereocenters. The molecule has 0 aliphatic carbocycles. The van der Waals surface area contributed by atoms with E-state index in [1.165, 1.54) is 19.2 Å². The maximum absolute atomic E-state index is 12.0. The molecule has 1 heterocycles. The van der Waals surface area contributed by atoms with Crippen LogP contribution in [0.5, 0.6) is 11.5 Å². The highest BCUT2D eigenvalue weighted by molar-refractivity contribution is 5.97. The van der Waals surface area contributed by atoms with Crippen LogP contribution in [0.1, 0.15) is 10.4 Å². The highest BCUT2D eigenvalue weighted by atomic mass is 16.5. The average molecular weight is 266 g/mol. The molecule has 0 aromatic heterocycles. The Kier molecular flexibility index (Phi) is 4.59. The van der Waals surface area contributed by atoms with Crippen LogP contribution in [0.3, 0.4) is 0 Å². The van der Waals surface area contributed by atoms with Crippen molar-refractivity contribution in [2.75, 3.05) is 33.4 Å². The van der Waals surface area contributed by atoms with E-state index >= 15 is 0 Å². The molecule has 3 N–H and O–H groups in total. The summed E-state index contributed by atoms with van der Waals surface area (Å²) in [4.78, 5) is 12.0. The SMILES string of the molecule is COc1ccc(O)c(C(=O)NCC2CNCCO2)c1. The van der Waals surface area contributed by atoms with Gasteiger partial charge in [0.2, 0.25) is 0 Å². The number of methoxy groups -OCH3 is 1. The topological polar surface area (TPSA) is 79.8 Å². The minimum Gasteiger partial charge on any atom is -0.507 e. The molecule has 0 bridgehead atoms. The number of rotatable bonds is 4. The molecule has 104 valence electrons. The van der Waals surface area contributed by atoms with Gasteiger partial charge in [-0.15, -0.1) is 0 Å². The van der Waals surface area contributed by atoms with Crippen LogP contribution in [-0.2, 0) is 4.74 Å². The second-order valence-corrected chi connectivity index (χ2v) is 4.29. The van der Waals surface area contributed by atoms with Gasteiger partial charge < -0.3 is 25.2 Å². The lowest BCUT2D eigenvalue weighted by Crippen LogP contribution is -2.45. The first-order valence-electron chi connectivity index (χ1n) is 6.18. The smallest absolute Gasteiger partial charge is 0.255 e.